The van der Waals surface area contributed by atoms with Crippen LogP contribution in [0, 0.1) is 6.92 Å². The van der Waals surface area contributed by atoms with Crippen LogP contribution in [-0.2, 0) is 3.79 Å². The Bertz CT molecular complexity index is 891. The van der Waals surface area contributed by atoms with Crippen molar-refractivity contribution in [3.8, 4) is 10.6 Å². The summed E-state index contributed by atoms with van der Waals surface area (Å²) < 4.78 is -1.48. The third-order valence-corrected chi connectivity index (χ3v) is 5.20. The summed E-state index contributed by atoms with van der Waals surface area (Å²) in [6, 6.07) is 9.00. The van der Waals surface area contributed by atoms with Crippen LogP contribution in [0.1, 0.15) is 11.3 Å². The first kappa shape index (κ1) is 18.2. The number of aromatic nitrogens is 3. The number of aryl methyl sites for hydroxylation is 1. The highest BCUT2D eigenvalue weighted by Crippen LogP contribution is 2.39. The standard InChI is InChI=1S/C16H14Cl3N5S/c1-9-13(25-15(20-2)22-9)12-6-7-21-14(24-12)23-11-5-3-4-10(8-11)16(17,18)19/h3-8H,1-2H3,(H,20,22)(H,21,23,24). The summed E-state index contributed by atoms with van der Waals surface area (Å²) in [6.45, 7) is 1.95. The number of anilines is 3. The Kier molecular flexibility index (Phi) is 5.34. The molecule has 0 spiro atoms. The number of hydrogen-bond donors (Lipinski definition) is 2. The highest BCUT2D eigenvalue weighted by Gasteiger charge is 2.22. The Balaban J connectivity index is 1.89. The SMILES string of the molecule is CNc1nc(C)c(-c2ccnc(Nc3cccc(C(Cl)(Cl)Cl)c3)n2)s1. The molecule has 3 rings (SSSR count). The minimum atomic E-state index is -1.48. The van der Waals surface area contributed by atoms with Gasteiger partial charge < -0.3 is 10.6 Å². The summed E-state index contributed by atoms with van der Waals surface area (Å²) >= 11 is 19.3. The molecule has 0 bridgehead atoms. The van der Waals surface area contributed by atoms with Gasteiger partial charge in [0.25, 0.3) is 0 Å². The molecule has 1 aromatic carbocycles. The monoisotopic (exact) mass is 413 g/mol. The van der Waals surface area contributed by atoms with Gasteiger partial charge in [0.05, 0.1) is 16.3 Å². The third-order valence-electron chi connectivity index (χ3n) is 3.34. The van der Waals surface area contributed by atoms with Gasteiger partial charge in [-0.15, -0.1) is 0 Å². The van der Waals surface area contributed by atoms with Crippen LogP contribution in [0.25, 0.3) is 10.6 Å². The van der Waals surface area contributed by atoms with Gasteiger partial charge in [0, 0.05) is 24.5 Å². The molecule has 0 aliphatic heterocycles. The molecule has 0 amide bonds. The maximum atomic E-state index is 5.93. The van der Waals surface area contributed by atoms with E-state index in [-0.39, 0.29) is 0 Å². The second kappa shape index (κ2) is 7.33. The lowest BCUT2D eigenvalue weighted by Crippen LogP contribution is -2.02. The summed E-state index contributed by atoms with van der Waals surface area (Å²) in [4.78, 5) is 14.2. The molecule has 2 N–H and O–H groups in total. The molecule has 0 saturated heterocycles. The van der Waals surface area contributed by atoms with Gasteiger partial charge in [0.15, 0.2) is 5.13 Å². The zero-order valence-electron chi connectivity index (χ0n) is 13.3. The predicted octanol–water partition coefficient (Wildman–Crippen LogP) is 5.52. The fraction of sp³-hybridized carbons (Fsp3) is 0.188. The minimum absolute atomic E-state index is 0.456. The van der Waals surface area contributed by atoms with Crippen LogP contribution >= 0.6 is 46.1 Å². The van der Waals surface area contributed by atoms with E-state index in [1.165, 1.54) is 0 Å². The summed E-state index contributed by atoms with van der Waals surface area (Å²) in [5, 5.41) is 7.02. The van der Waals surface area contributed by atoms with Crippen molar-refractivity contribution in [3.63, 3.8) is 0 Å². The van der Waals surface area contributed by atoms with E-state index in [0.29, 0.717) is 11.5 Å². The number of nitrogens with one attached hydrogen (secondary N) is 2. The molecule has 0 fully saturated rings. The van der Waals surface area contributed by atoms with E-state index in [1.54, 1.807) is 35.7 Å². The van der Waals surface area contributed by atoms with E-state index in [4.69, 9.17) is 34.8 Å². The van der Waals surface area contributed by atoms with Gasteiger partial charge in [-0.2, -0.15) is 0 Å². The lowest BCUT2D eigenvalue weighted by Gasteiger charge is -2.13. The second-order valence-electron chi connectivity index (χ2n) is 5.15. The van der Waals surface area contributed by atoms with Gasteiger partial charge >= 0.3 is 0 Å². The maximum Gasteiger partial charge on any atom is 0.227 e. The molecule has 0 aliphatic carbocycles. The predicted molar refractivity (Wildman–Crippen MR) is 106 cm³/mol. The van der Waals surface area contributed by atoms with Gasteiger partial charge in [-0.05, 0) is 25.1 Å². The Labute approximate surface area is 164 Å². The van der Waals surface area contributed by atoms with Crippen molar-refractivity contribution in [1.29, 1.82) is 0 Å². The number of halogens is 3. The minimum Gasteiger partial charge on any atom is -0.365 e. The van der Waals surface area contributed by atoms with Crippen molar-refractivity contribution in [2.24, 2.45) is 0 Å². The van der Waals surface area contributed by atoms with Crippen LogP contribution in [0.15, 0.2) is 36.5 Å². The first-order chi connectivity index (χ1) is 11.9. The number of hydrogen-bond acceptors (Lipinski definition) is 6. The second-order valence-corrected chi connectivity index (χ2v) is 8.43. The lowest BCUT2D eigenvalue weighted by atomic mass is 10.2. The Morgan fingerprint density at radius 1 is 1.12 bits per heavy atom. The molecule has 0 aliphatic rings. The largest absolute Gasteiger partial charge is 0.365 e. The van der Waals surface area contributed by atoms with Crippen LogP contribution in [0.5, 0.6) is 0 Å². The fourth-order valence-electron chi connectivity index (χ4n) is 2.19. The van der Waals surface area contributed by atoms with Crippen molar-refractivity contribution < 1.29 is 0 Å². The van der Waals surface area contributed by atoms with E-state index < -0.39 is 3.79 Å². The Morgan fingerprint density at radius 2 is 1.92 bits per heavy atom. The van der Waals surface area contributed by atoms with Crippen LogP contribution in [0.3, 0.4) is 0 Å². The van der Waals surface area contributed by atoms with Gasteiger partial charge in [-0.1, -0.05) is 58.3 Å². The van der Waals surface area contributed by atoms with E-state index in [0.717, 1.165) is 27.1 Å². The average Bonchev–Trinajstić information content (AvgIpc) is 2.96. The number of benzene rings is 1. The van der Waals surface area contributed by atoms with Crippen LogP contribution in [0.2, 0.25) is 0 Å². The number of rotatable bonds is 4. The molecular formula is C16H14Cl3N5S. The molecule has 3 aromatic rings. The molecule has 2 heterocycles. The number of nitrogens with zero attached hydrogens (tertiary/aromatic N) is 3. The van der Waals surface area contributed by atoms with E-state index in [1.807, 2.05) is 26.1 Å². The Morgan fingerprint density at radius 3 is 2.60 bits per heavy atom. The van der Waals surface area contributed by atoms with Gasteiger partial charge in [-0.3, -0.25) is 0 Å². The summed E-state index contributed by atoms with van der Waals surface area (Å²) in [6.07, 6.45) is 1.70. The third kappa shape index (κ3) is 4.33. The average molecular weight is 415 g/mol. The fourth-order valence-corrected chi connectivity index (χ4v) is 3.43. The summed E-state index contributed by atoms with van der Waals surface area (Å²) in [7, 11) is 1.84. The van der Waals surface area contributed by atoms with Crippen molar-refractivity contribution in [2.45, 2.75) is 10.7 Å². The van der Waals surface area contributed by atoms with Gasteiger partial charge in [0.1, 0.15) is 0 Å². The van der Waals surface area contributed by atoms with Gasteiger partial charge in [-0.25, -0.2) is 15.0 Å². The smallest absolute Gasteiger partial charge is 0.227 e. The first-order valence-corrected chi connectivity index (χ1v) is 9.25. The molecule has 0 atom stereocenters. The van der Waals surface area contributed by atoms with E-state index in [9.17, 15) is 0 Å². The summed E-state index contributed by atoms with van der Waals surface area (Å²) in [5.41, 5.74) is 3.01. The van der Waals surface area contributed by atoms with E-state index in [2.05, 4.69) is 25.6 Å². The van der Waals surface area contributed by atoms with Crippen LogP contribution in [-0.4, -0.2) is 22.0 Å². The van der Waals surface area contributed by atoms with Crippen molar-refractivity contribution in [2.75, 3.05) is 17.7 Å². The topological polar surface area (TPSA) is 62.7 Å². The molecule has 9 heteroatoms. The van der Waals surface area contributed by atoms with Gasteiger partial charge in [0.2, 0.25) is 9.74 Å². The molecule has 0 saturated carbocycles. The molecule has 0 unspecified atom stereocenters. The number of thiazole rings is 1. The first-order valence-electron chi connectivity index (χ1n) is 7.29. The van der Waals surface area contributed by atoms with Crippen LogP contribution in [0.4, 0.5) is 16.8 Å². The van der Waals surface area contributed by atoms with E-state index >= 15 is 0 Å². The number of alkyl halides is 3. The molecule has 5 nitrogen and oxygen atoms in total. The normalized spacial score (nSPS) is 11.4. The zero-order chi connectivity index (χ0) is 18.0. The molecule has 2 aromatic heterocycles. The van der Waals surface area contributed by atoms with Crippen molar-refractivity contribution >= 4 is 62.9 Å². The van der Waals surface area contributed by atoms with Crippen LogP contribution < -0.4 is 10.6 Å². The lowest BCUT2D eigenvalue weighted by molar-refractivity contribution is 1.16. The molecule has 0 radical (unpaired) electrons. The quantitative estimate of drug-likeness (QED) is 0.550. The Hall–Kier alpha value is -1.60. The highest BCUT2D eigenvalue weighted by atomic mass is 35.6. The zero-order valence-corrected chi connectivity index (χ0v) is 16.4. The summed E-state index contributed by atoms with van der Waals surface area (Å²) in [5.74, 6) is 0.456. The molecular weight excluding hydrogens is 401 g/mol. The molecule has 25 heavy (non-hydrogen) atoms. The molecule has 130 valence electrons. The maximum absolute atomic E-state index is 5.93. The van der Waals surface area contributed by atoms with Crippen molar-refractivity contribution in [3.05, 3.63) is 47.8 Å². The highest BCUT2D eigenvalue weighted by molar-refractivity contribution is 7.19. The van der Waals surface area contributed by atoms with Crippen molar-refractivity contribution in [1.82, 2.24) is 15.0 Å².